The molecule has 0 aliphatic heterocycles. The zero-order valence-corrected chi connectivity index (χ0v) is 15.4. The molecule has 7 heteroatoms. The molecule has 132 valence electrons. The number of halogens is 1. The predicted octanol–water partition coefficient (Wildman–Crippen LogP) is 4.01. The molecule has 26 heavy (non-hydrogen) atoms. The van der Waals surface area contributed by atoms with Crippen LogP contribution in [0.3, 0.4) is 0 Å². The maximum Gasteiger partial charge on any atom is 0.345 e. The lowest BCUT2D eigenvalue weighted by molar-refractivity contribution is -0.115. The fourth-order valence-corrected chi connectivity index (χ4v) is 3.34. The number of amides is 1. The van der Waals surface area contributed by atoms with E-state index in [9.17, 15) is 14.4 Å². The van der Waals surface area contributed by atoms with Gasteiger partial charge in [0, 0.05) is 17.2 Å². The minimum absolute atomic E-state index is 0.142. The fraction of sp³-hybridized carbons (Fsp3) is 0.105. The molecule has 1 amide bonds. The molecule has 3 aromatic rings. The Bertz CT molecular complexity index is 1120. The van der Waals surface area contributed by atoms with Crippen LogP contribution in [0.15, 0.2) is 56.7 Å². The molecule has 2 aromatic carbocycles. The predicted molar refractivity (Wildman–Crippen MR) is 102 cm³/mol. The maximum atomic E-state index is 12.5. The first-order valence-corrected chi connectivity index (χ1v) is 8.44. The molecule has 3 rings (SSSR count). The van der Waals surface area contributed by atoms with Crippen LogP contribution in [0.5, 0.6) is 0 Å². The van der Waals surface area contributed by atoms with Crippen molar-refractivity contribution in [3.63, 3.8) is 0 Å². The lowest BCUT2D eigenvalue weighted by Gasteiger charge is -2.11. The standard InChI is InChI=1S/C19H14BrNO5/c1-3-5-14(22)21-12-9-8-10-15-11(18(23)25-2)6-4-7-13(15)26-19(24)16(10)17(12)20/h3-4,6-9H,1,5H2,2H3,(H,21,22). The average molecular weight is 416 g/mol. The molecule has 1 aromatic heterocycles. The zero-order chi connectivity index (χ0) is 18.8. The number of carbonyl (C=O) groups is 2. The Labute approximate surface area is 156 Å². The molecule has 0 saturated carbocycles. The third kappa shape index (κ3) is 3.01. The summed E-state index contributed by atoms with van der Waals surface area (Å²) in [6.07, 6.45) is 1.62. The van der Waals surface area contributed by atoms with E-state index in [0.717, 1.165) is 0 Å². The first kappa shape index (κ1) is 17.9. The first-order chi connectivity index (χ1) is 12.5. The fourth-order valence-electron chi connectivity index (χ4n) is 2.74. The topological polar surface area (TPSA) is 85.6 Å². The van der Waals surface area contributed by atoms with Crippen LogP contribution in [-0.2, 0) is 9.53 Å². The minimum atomic E-state index is -0.582. The van der Waals surface area contributed by atoms with Crippen molar-refractivity contribution in [2.75, 3.05) is 12.4 Å². The molecule has 0 spiro atoms. The molecular formula is C19H14BrNO5. The second-order valence-electron chi connectivity index (χ2n) is 5.45. The van der Waals surface area contributed by atoms with Crippen molar-refractivity contribution >= 4 is 55.2 Å². The summed E-state index contributed by atoms with van der Waals surface area (Å²) in [6, 6.07) is 8.13. The Balaban J connectivity index is 2.33. The Hall–Kier alpha value is -2.93. The summed E-state index contributed by atoms with van der Waals surface area (Å²) in [5, 5.41) is 3.92. The van der Waals surface area contributed by atoms with Crippen LogP contribution in [0.2, 0.25) is 0 Å². The molecule has 0 atom stereocenters. The largest absolute Gasteiger partial charge is 0.465 e. The molecule has 0 fully saturated rings. The molecule has 0 radical (unpaired) electrons. The van der Waals surface area contributed by atoms with Crippen molar-refractivity contribution in [1.82, 2.24) is 0 Å². The summed E-state index contributed by atoms with van der Waals surface area (Å²) in [7, 11) is 1.28. The number of rotatable bonds is 4. The van der Waals surface area contributed by atoms with Gasteiger partial charge in [0.25, 0.3) is 0 Å². The monoisotopic (exact) mass is 415 g/mol. The maximum absolute atomic E-state index is 12.5. The average Bonchev–Trinajstić information content (AvgIpc) is 2.62. The number of ether oxygens (including phenoxy) is 1. The van der Waals surface area contributed by atoms with Crippen molar-refractivity contribution in [2.24, 2.45) is 0 Å². The molecule has 1 N–H and O–H groups in total. The Morgan fingerprint density at radius 3 is 2.73 bits per heavy atom. The number of nitrogens with one attached hydrogen (secondary N) is 1. The molecular weight excluding hydrogens is 402 g/mol. The van der Waals surface area contributed by atoms with E-state index in [-0.39, 0.29) is 28.9 Å². The summed E-state index contributed by atoms with van der Waals surface area (Å²) in [5.41, 5.74) is 0.405. The SMILES string of the molecule is C=CCC(=O)Nc1ccc2c(c1Br)c(=O)oc1cccc(C(=O)OC)c12. The van der Waals surface area contributed by atoms with E-state index >= 15 is 0 Å². The third-order valence-corrected chi connectivity index (χ3v) is 4.68. The summed E-state index contributed by atoms with van der Waals surface area (Å²) >= 11 is 3.36. The molecule has 0 unspecified atom stereocenters. The van der Waals surface area contributed by atoms with Crippen LogP contribution < -0.4 is 10.9 Å². The van der Waals surface area contributed by atoms with E-state index < -0.39 is 11.6 Å². The number of esters is 1. The highest BCUT2D eigenvalue weighted by molar-refractivity contribution is 9.10. The summed E-state index contributed by atoms with van der Waals surface area (Å²) in [6.45, 7) is 3.52. The van der Waals surface area contributed by atoms with Crippen LogP contribution >= 0.6 is 15.9 Å². The van der Waals surface area contributed by atoms with Gasteiger partial charge in [-0.15, -0.1) is 6.58 Å². The number of hydrogen-bond acceptors (Lipinski definition) is 5. The van der Waals surface area contributed by atoms with Gasteiger partial charge in [-0.05, 0) is 34.1 Å². The van der Waals surface area contributed by atoms with Crippen LogP contribution in [0.4, 0.5) is 5.69 Å². The Morgan fingerprint density at radius 1 is 1.27 bits per heavy atom. The van der Waals surface area contributed by atoms with E-state index in [1.165, 1.54) is 13.2 Å². The van der Waals surface area contributed by atoms with E-state index in [1.807, 2.05) is 0 Å². The lowest BCUT2D eigenvalue weighted by Crippen LogP contribution is -2.12. The lowest BCUT2D eigenvalue weighted by atomic mass is 10.0. The zero-order valence-electron chi connectivity index (χ0n) is 13.8. The number of methoxy groups -OCH3 is 1. The van der Waals surface area contributed by atoms with Gasteiger partial charge in [0.15, 0.2) is 0 Å². The molecule has 1 heterocycles. The Kier molecular flexibility index (Phi) is 4.90. The van der Waals surface area contributed by atoms with Crippen molar-refractivity contribution in [2.45, 2.75) is 6.42 Å². The van der Waals surface area contributed by atoms with Gasteiger partial charge in [0.05, 0.1) is 28.2 Å². The van der Waals surface area contributed by atoms with Gasteiger partial charge in [-0.25, -0.2) is 9.59 Å². The van der Waals surface area contributed by atoms with Crippen molar-refractivity contribution in [3.8, 4) is 0 Å². The van der Waals surface area contributed by atoms with Crippen LogP contribution in [-0.4, -0.2) is 19.0 Å². The number of carbonyl (C=O) groups excluding carboxylic acids is 2. The van der Waals surface area contributed by atoms with Gasteiger partial charge < -0.3 is 14.5 Å². The second kappa shape index (κ2) is 7.13. The minimum Gasteiger partial charge on any atom is -0.465 e. The summed E-state index contributed by atoms with van der Waals surface area (Å²) < 4.78 is 10.6. The highest BCUT2D eigenvalue weighted by Gasteiger charge is 2.19. The number of benzene rings is 2. The highest BCUT2D eigenvalue weighted by atomic mass is 79.9. The molecule has 0 aliphatic rings. The van der Waals surface area contributed by atoms with Gasteiger partial charge in [0.1, 0.15) is 5.58 Å². The van der Waals surface area contributed by atoms with Gasteiger partial charge in [-0.2, -0.15) is 0 Å². The van der Waals surface area contributed by atoms with E-state index in [1.54, 1.807) is 30.3 Å². The molecule has 0 aliphatic carbocycles. The number of fused-ring (bicyclic) bond motifs is 3. The normalized spacial score (nSPS) is 10.7. The number of anilines is 1. The quantitative estimate of drug-likeness (QED) is 0.301. The van der Waals surface area contributed by atoms with Crippen LogP contribution in [0.25, 0.3) is 21.7 Å². The number of hydrogen-bond donors (Lipinski definition) is 1. The van der Waals surface area contributed by atoms with Crippen LogP contribution in [0.1, 0.15) is 16.8 Å². The smallest absolute Gasteiger partial charge is 0.345 e. The molecule has 6 nitrogen and oxygen atoms in total. The second-order valence-corrected chi connectivity index (χ2v) is 6.24. The van der Waals surface area contributed by atoms with Crippen molar-refractivity contribution in [1.29, 1.82) is 0 Å². The van der Waals surface area contributed by atoms with Crippen molar-refractivity contribution < 1.29 is 18.7 Å². The van der Waals surface area contributed by atoms with Gasteiger partial charge in [-0.1, -0.05) is 18.2 Å². The van der Waals surface area contributed by atoms with Gasteiger partial charge in [-0.3, -0.25) is 4.79 Å². The summed E-state index contributed by atoms with van der Waals surface area (Å²) in [4.78, 5) is 36.4. The van der Waals surface area contributed by atoms with Gasteiger partial charge in [0.2, 0.25) is 5.91 Å². The third-order valence-electron chi connectivity index (χ3n) is 3.85. The molecule has 0 saturated heterocycles. The van der Waals surface area contributed by atoms with E-state index in [2.05, 4.69) is 27.8 Å². The first-order valence-electron chi connectivity index (χ1n) is 7.65. The van der Waals surface area contributed by atoms with Crippen LogP contribution in [0, 0.1) is 0 Å². The Morgan fingerprint density at radius 2 is 2.04 bits per heavy atom. The van der Waals surface area contributed by atoms with Crippen molar-refractivity contribution in [3.05, 3.63) is 63.4 Å². The van der Waals surface area contributed by atoms with E-state index in [4.69, 9.17) is 9.15 Å². The summed E-state index contributed by atoms with van der Waals surface area (Å²) in [5.74, 6) is -0.800. The van der Waals surface area contributed by atoms with Gasteiger partial charge >= 0.3 is 11.6 Å². The van der Waals surface area contributed by atoms with E-state index in [0.29, 0.717) is 20.9 Å². The molecule has 0 bridgehead atoms. The highest BCUT2D eigenvalue weighted by Crippen LogP contribution is 2.34.